The highest BCUT2D eigenvalue weighted by molar-refractivity contribution is 5.95. The van der Waals surface area contributed by atoms with E-state index in [1.807, 2.05) is 27.7 Å². The Labute approximate surface area is 124 Å². The highest BCUT2D eigenvalue weighted by Crippen LogP contribution is 2.18. The van der Waals surface area contributed by atoms with Crippen molar-refractivity contribution in [1.82, 2.24) is 15.1 Å². The first-order valence-electron chi connectivity index (χ1n) is 6.91. The van der Waals surface area contributed by atoms with Gasteiger partial charge < -0.3 is 15.8 Å². The van der Waals surface area contributed by atoms with Crippen LogP contribution in [0.2, 0.25) is 0 Å². The molecule has 1 aromatic rings. The zero-order valence-corrected chi connectivity index (χ0v) is 13.5. The monoisotopic (exact) mass is 296 g/mol. The molecule has 0 saturated carbocycles. The average molecular weight is 296 g/mol. The van der Waals surface area contributed by atoms with E-state index < -0.39 is 17.6 Å². The van der Waals surface area contributed by atoms with E-state index >= 15 is 0 Å². The lowest BCUT2D eigenvalue weighted by atomic mass is 10.1. The normalized spacial score (nSPS) is 12.9. The molecule has 0 aliphatic carbocycles. The summed E-state index contributed by atoms with van der Waals surface area (Å²) in [5.41, 5.74) is 6.60. The summed E-state index contributed by atoms with van der Waals surface area (Å²) in [6.45, 7) is 8.98. The summed E-state index contributed by atoms with van der Waals surface area (Å²) in [5, 5.41) is 6.90. The Balaban J connectivity index is 2.82. The van der Waals surface area contributed by atoms with Gasteiger partial charge in [-0.1, -0.05) is 6.92 Å². The molecule has 1 amide bonds. The number of hydrogen-bond acceptors (Lipinski definition) is 5. The average Bonchev–Trinajstić information content (AvgIpc) is 2.61. The largest absolute Gasteiger partial charge is 0.448 e. The van der Waals surface area contributed by atoms with E-state index in [0.717, 1.165) is 0 Å². The zero-order valence-electron chi connectivity index (χ0n) is 13.5. The number of hydrogen-bond donors (Lipinski definition) is 2. The Morgan fingerprint density at radius 1 is 1.43 bits per heavy atom. The number of aryl methyl sites for hydroxylation is 2. The van der Waals surface area contributed by atoms with Gasteiger partial charge in [0.05, 0.1) is 11.4 Å². The predicted molar refractivity (Wildman–Crippen MR) is 79.8 cm³/mol. The molecule has 1 aromatic heterocycles. The summed E-state index contributed by atoms with van der Waals surface area (Å²) in [7, 11) is 1.62. The first-order valence-corrected chi connectivity index (χ1v) is 6.91. The van der Waals surface area contributed by atoms with Crippen molar-refractivity contribution in [2.24, 2.45) is 7.05 Å². The van der Waals surface area contributed by atoms with Gasteiger partial charge in [0.15, 0.2) is 11.8 Å². The second kappa shape index (κ2) is 6.15. The van der Waals surface area contributed by atoms with Gasteiger partial charge in [0, 0.05) is 12.6 Å². The Bertz CT molecular complexity index is 543. The highest BCUT2D eigenvalue weighted by Gasteiger charge is 2.26. The van der Waals surface area contributed by atoms with Gasteiger partial charge in [-0.25, -0.2) is 4.79 Å². The van der Waals surface area contributed by atoms with Gasteiger partial charge in [-0.3, -0.25) is 9.48 Å². The van der Waals surface area contributed by atoms with E-state index in [4.69, 9.17) is 10.5 Å². The Morgan fingerprint density at radius 2 is 2.00 bits per heavy atom. The molecule has 21 heavy (non-hydrogen) atoms. The molecule has 0 radical (unpaired) electrons. The van der Waals surface area contributed by atoms with Crippen LogP contribution < -0.4 is 11.1 Å². The number of nitrogens with two attached hydrogens (primary N) is 1. The number of carbonyl (C=O) groups excluding carboxylic acids is 2. The number of esters is 1. The van der Waals surface area contributed by atoms with Crippen LogP contribution in [0.25, 0.3) is 0 Å². The molecule has 1 heterocycles. The summed E-state index contributed by atoms with van der Waals surface area (Å²) in [6, 6.07) is 0. The molecule has 0 bridgehead atoms. The number of nitrogen functional groups attached to an aromatic ring is 1. The molecule has 3 N–H and O–H groups in total. The minimum Gasteiger partial charge on any atom is -0.448 e. The van der Waals surface area contributed by atoms with Gasteiger partial charge in [0.25, 0.3) is 5.91 Å². The maximum atomic E-state index is 12.2. The number of anilines is 1. The van der Waals surface area contributed by atoms with Crippen LogP contribution in [0.5, 0.6) is 0 Å². The fourth-order valence-corrected chi connectivity index (χ4v) is 1.84. The van der Waals surface area contributed by atoms with Gasteiger partial charge in [-0.2, -0.15) is 5.10 Å². The molecule has 118 valence electrons. The fraction of sp³-hybridized carbons (Fsp3) is 0.643. The van der Waals surface area contributed by atoms with Crippen LogP contribution in [0.4, 0.5) is 5.69 Å². The van der Waals surface area contributed by atoms with Crippen molar-refractivity contribution >= 4 is 17.6 Å². The molecule has 0 saturated heterocycles. The number of rotatable bonds is 4. The number of carbonyl (C=O) groups is 2. The van der Waals surface area contributed by atoms with E-state index in [9.17, 15) is 9.59 Å². The van der Waals surface area contributed by atoms with Crippen LogP contribution in [0.15, 0.2) is 0 Å². The Morgan fingerprint density at radius 3 is 2.43 bits per heavy atom. The van der Waals surface area contributed by atoms with Crippen LogP contribution >= 0.6 is 0 Å². The number of nitrogens with one attached hydrogen (secondary N) is 1. The summed E-state index contributed by atoms with van der Waals surface area (Å²) >= 11 is 0. The van der Waals surface area contributed by atoms with Crippen molar-refractivity contribution in [2.75, 3.05) is 5.73 Å². The lowest BCUT2D eigenvalue weighted by Crippen LogP contribution is -2.46. The number of ether oxygens (including phenoxy) is 1. The molecule has 0 aromatic carbocycles. The molecular weight excluding hydrogens is 272 g/mol. The molecule has 0 fully saturated rings. The zero-order chi connectivity index (χ0) is 16.4. The molecule has 1 unspecified atom stereocenters. The van der Waals surface area contributed by atoms with E-state index in [1.54, 1.807) is 7.05 Å². The Hall–Kier alpha value is -2.05. The molecule has 1 atom stereocenters. The van der Waals surface area contributed by atoms with Crippen molar-refractivity contribution in [1.29, 1.82) is 0 Å². The van der Waals surface area contributed by atoms with Crippen LogP contribution in [-0.4, -0.2) is 33.3 Å². The lowest BCUT2D eigenvalue weighted by molar-refractivity contribution is -0.130. The van der Waals surface area contributed by atoms with Gasteiger partial charge in [0.2, 0.25) is 0 Å². The lowest BCUT2D eigenvalue weighted by Gasteiger charge is -2.23. The fourth-order valence-electron chi connectivity index (χ4n) is 1.84. The van der Waals surface area contributed by atoms with Crippen LogP contribution in [0.1, 0.15) is 50.8 Å². The van der Waals surface area contributed by atoms with Crippen molar-refractivity contribution in [3.05, 3.63) is 11.4 Å². The summed E-state index contributed by atoms with van der Waals surface area (Å²) in [6.07, 6.45) is -0.288. The van der Waals surface area contributed by atoms with E-state index in [1.165, 1.54) is 11.6 Å². The molecule has 0 aliphatic heterocycles. The molecule has 7 heteroatoms. The molecular formula is C14H24N4O3. The summed E-state index contributed by atoms with van der Waals surface area (Å²) in [5.74, 6) is -1.01. The van der Waals surface area contributed by atoms with Crippen molar-refractivity contribution in [3.8, 4) is 0 Å². The van der Waals surface area contributed by atoms with E-state index in [-0.39, 0.29) is 11.6 Å². The number of amides is 1. The predicted octanol–water partition coefficient (Wildman–Crippen LogP) is 1.02. The smallest absolute Gasteiger partial charge is 0.359 e. The number of aromatic nitrogens is 2. The van der Waals surface area contributed by atoms with Gasteiger partial charge in [-0.05, 0) is 34.1 Å². The molecule has 0 aliphatic rings. The van der Waals surface area contributed by atoms with Crippen molar-refractivity contribution in [3.63, 3.8) is 0 Å². The second-order valence-corrected chi connectivity index (χ2v) is 5.97. The first kappa shape index (κ1) is 17.0. The SMILES string of the molecule is CCc1nn(C)c(C(=O)OC(C)C(=O)NC(C)(C)C)c1N. The second-order valence-electron chi connectivity index (χ2n) is 5.97. The van der Waals surface area contributed by atoms with Crippen molar-refractivity contribution < 1.29 is 14.3 Å². The van der Waals surface area contributed by atoms with Crippen LogP contribution in [0.3, 0.4) is 0 Å². The van der Waals surface area contributed by atoms with Crippen LogP contribution in [-0.2, 0) is 23.0 Å². The highest BCUT2D eigenvalue weighted by atomic mass is 16.5. The van der Waals surface area contributed by atoms with E-state index in [2.05, 4.69) is 10.4 Å². The minimum absolute atomic E-state index is 0.169. The summed E-state index contributed by atoms with van der Waals surface area (Å²) < 4.78 is 6.55. The third-order valence-electron chi connectivity index (χ3n) is 2.84. The van der Waals surface area contributed by atoms with Crippen molar-refractivity contribution in [2.45, 2.75) is 52.7 Å². The minimum atomic E-state index is -0.906. The molecule has 7 nitrogen and oxygen atoms in total. The first-order chi connectivity index (χ1) is 9.56. The maximum absolute atomic E-state index is 12.2. The van der Waals surface area contributed by atoms with E-state index in [0.29, 0.717) is 17.8 Å². The quantitative estimate of drug-likeness (QED) is 0.808. The van der Waals surface area contributed by atoms with Gasteiger partial charge in [0.1, 0.15) is 0 Å². The van der Waals surface area contributed by atoms with Gasteiger partial charge in [-0.15, -0.1) is 0 Å². The third kappa shape index (κ3) is 4.21. The van der Waals surface area contributed by atoms with Gasteiger partial charge >= 0.3 is 5.97 Å². The van der Waals surface area contributed by atoms with Crippen LogP contribution in [0, 0.1) is 0 Å². The maximum Gasteiger partial charge on any atom is 0.359 e. The summed E-state index contributed by atoms with van der Waals surface area (Å²) in [4.78, 5) is 24.1. The standard InChI is InChI=1S/C14H24N4O3/c1-7-9-10(15)11(18(6)17-9)13(20)21-8(2)12(19)16-14(3,4)5/h8H,7,15H2,1-6H3,(H,16,19). The molecule has 0 spiro atoms. The third-order valence-corrected chi connectivity index (χ3v) is 2.84. The topological polar surface area (TPSA) is 99.2 Å². The Kier molecular flexibility index (Phi) is 4.98. The molecule has 1 rings (SSSR count). The number of nitrogens with zero attached hydrogens (tertiary/aromatic N) is 2.